The van der Waals surface area contributed by atoms with E-state index in [0.29, 0.717) is 16.2 Å². The number of benzene rings is 2. The number of carbonyl (C=O) groups is 2. The second-order valence-corrected chi connectivity index (χ2v) is 7.49. The van der Waals surface area contributed by atoms with E-state index in [0.717, 1.165) is 28.0 Å². The number of carbonyl (C=O) groups excluding carboxylic acids is 2. The molecular formula is C21H21NO2S. The highest BCUT2D eigenvalue weighted by Crippen LogP contribution is 2.38. The van der Waals surface area contributed by atoms with E-state index in [9.17, 15) is 9.59 Å². The van der Waals surface area contributed by atoms with Crippen molar-refractivity contribution < 1.29 is 9.59 Å². The number of aryl methyl sites for hydroxylation is 3. The van der Waals surface area contributed by atoms with Crippen molar-refractivity contribution in [1.82, 2.24) is 0 Å². The van der Waals surface area contributed by atoms with Gasteiger partial charge in [-0.25, -0.2) is 4.90 Å². The Balaban J connectivity index is 2.09. The zero-order chi connectivity index (χ0) is 18.1. The van der Waals surface area contributed by atoms with Crippen molar-refractivity contribution in [1.29, 1.82) is 0 Å². The van der Waals surface area contributed by atoms with Crippen LogP contribution in [0.4, 0.5) is 5.69 Å². The molecule has 2 amide bonds. The summed E-state index contributed by atoms with van der Waals surface area (Å²) in [5.41, 5.74) is 5.26. The van der Waals surface area contributed by atoms with E-state index >= 15 is 0 Å². The molecule has 0 saturated heterocycles. The van der Waals surface area contributed by atoms with E-state index in [-0.39, 0.29) is 11.8 Å². The van der Waals surface area contributed by atoms with Crippen LogP contribution in [0.1, 0.15) is 29.2 Å². The van der Waals surface area contributed by atoms with E-state index in [1.807, 2.05) is 70.2 Å². The molecule has 1 aliphatic heterocycles. The Morgan fingerprint density at radius 3 is 2.16 bits per heavy atom. The molecule has 0 aliphatic carbocycles. The average molecular weight is 351 g/mol. The van der Waals surface area contributed by atoms with E-state index in [1.54, 1.807) is 0 Å². The highest BCUT2D eigenvalue weighted by molar-refractivity contribution is 8.04. The molecule has 0 radical (unpaired) electrons. The molecule has 3 nitrogen and oxygen atoms in total. The van der Waals surface area contributed by atoms with Gasteiger partial charge in [0.15, 0.2) is 0 Å². The lowest BCUT2D eigenvalue weighted by Crippen LogP contribution is -2.31. The number of hydrogen-bond donors (Lipinski definition) is 0. The summed E-state index contributed by atoms with van der Waals surface area (Å²) in [6, 6.07) is 13.4. The van der Waals surface area contributed by atoms with Crippen molar-refractivity contribution in [3.8, 4) is 0 Å². The quantitative estimate of drug-likeness (QED) is 0.753. The normalized spacial score (nSPS) is 14.6. The van der Waals surface area contributed by atoms with Gasteiger partial charge in [-0.05, 0) is 55.3 Å². The zero-order valence-electron chi connectivity index (χ0n) is 14.9. The van der Waals surface area contributed by atoms with Crippen LogP contribution in [-0.2, 0) is 9.59 Å². The van der Waals surface area contributed by atoms with Crippen LogP contribution in [0.5, 0.6) is 0 Å². The molecular weight excluding hydrogens is 330 g/mol. The average Bonchev–Trinajstić information content (AvgIpc) is 2.82. The molecule has 0 atom stereocenters. The predicted octanol–water partition coefficient (Wildman–Crippen LogP) is 4.65. The van der Waals surface area contributed by atoms with Gasteiger partial charge in [-0.2, -0.15) is 0 Å². The molecule has 0 fully saturated rings. The molecule has 0 bridgehead atoms. The molecule has 0 spiro atoms. The van der Waals surface area contributed by atoms with Crippen molar-refractivity contribution in [3.05, 3.63) is 69.6 Å². The van der Waals surface area contributed by atoms with Gasteiger partial charge in [0.2, 0.25) is 0 Å². The number of hydrogen-bond acceptors (Lipinski definition) is 3. The van der Waals surface area contributed by atoms with Gasteiger partial charge in [0.25, 0.3) is 11.8 Å². The van der Waals surface area contributed by atoms with Crippen molar-refractivity contribution in [2.75, 3.05) is 10.7 Å². The van der Waals surface area contributed by atoms with E-state index in [2.05, 4.69) is 0 Å². The summed E-state index contributed by atoms with van der Waals surface area (Å²) in [5, 5.41) is 0. The first kappa shape index (κ1) is 17.5. The van der Waals surface area contributed by atoms with Crippen LogP contribution in [0.3, 0.4) is 0 Å². The first-order chi connectivity index (χ1) is 11.9. The fourth-order valence-electron chi connectivity index (χ4n) is 2.86. The standard InChI is InChI=1S/C21H21NO2S/c1-5-25-19-18(16-9-6-13(2)7-10-16)20(23)22(21(19)24)17-11-8-14(3)15(4)12-17/h6-12H,5H2,1-4H3. The lowest BCUT2D eigenvalue weighted by molar-refractivity contribution is -0.119. The van der Waals surface area contributed by atoms with Crippen molar-refractivity contribution >= 4 is 34.8 Å². The molecule has 1 aliphatic rings. The Kier molecular flexibility index (Phi) is 4.82. The predicted molar refractivity (Wildman–Crippen MR) is 105 cm³/mol. The van der Waals surface area contributed by atoms with Crippen molar-refractivity contribution in [2.24, 2.45) is 0 Å². The summed E-state index contributed by atoms with van der Waals surface area (Å²) < 4.78 is 0. The summed E-state index contributed by atoms with van der Waals surface area (Å²) in [4.78, 5) is 27.9. The summed E-state index contributed by atoms with van der Waals surface area (Å²) in [6.07, 6.45) is 0. The van der Waals surface area contributed by atoms with Crippen LogP contribution in [0, 0.1) is 20.8 Å². The minimum atomic E-state index is -0.243. The van der Waals surface area contributed by atoms with Gasteiger partial charge in [-0.3, -0.25) is 9.59 Å². The molecule has 1 heterocycles. The summed E-state index contributed by atoms with van der Waals surface area (Å²) in [6.45, 7) is 7.99. The molecule has 4 heteroatoms. The maximum absolute atomic E-state index is 13.1. The smallest absolute Gasteiger partial charge is 0.268 e. The van der Waals surface area contributed by atoms with Gasteiger partial charge in [-0.1, -0.05) is 42.8 Å². The number of amides is 2. The third-order valence-electron chi connectivity index (χ3n) is 4.42. The molecule has 25 heavy (non-hydrogen) atoms. The summed E-state index contributed by atoms with van der Waals surface area (Å²) in [5.74, 6) is 0.272. The fraction of sp³-hybridized carbons (Fsp3) is 0.238. The highest BCUT2D eigenvalue weighted by atomic mass is 32.2. The number of thioether (sulfide) groups is 1. The summed E-state index contributed by atoms with van der Waals surface area (Å²) in [7, 11) is 0. The first-order valence-corrected chi connectivity index (χ1v) is 9.32. The van der Waals surface area contributed by atoms with Gasteiger partial charge in [0.05, 0.1) is 16.2 Å². The van der Waals surface area contributed by atoms with Crippen LogP contribution in [0.25, 0.3) is 5.57 Å². The maximum Gasteiger partial charge on any atom is 0.272 e. The van der Waals surface area contributed by atoms with Crippen LogP contribution >= 0.6 is 11.8 Å². The summed E-state index contributed by atoms with van der Waals surface area (Å²) >= 11 is 1.43. The SMILES string of the molecule is CCSC1=C(c2ccc(C)cc2)C(=O)N(c2ccc(C)c(C)c2)C1=O. The maximum atomic E-state index is 13.1. The lowest BCUT2D eigenvalue weighted by Gasteiger charge is -2.16. The molecule has 0 unspecified atom stereocenters. The van der Waals surface area contributed by atoms with Gasteiger partial charge in [0, 0.05) is 0 Å². The van der Waals surface area contributed by atoms with Crippen LogP contribution < -0.4 is 4.90 Å². The fourth-order valence-corrected chi connectivity index (χ4v) is 3.71. The van der Waals surface area contributed by atoms with Gasteiger partial charge < -0.3 is 0 Å². The Morgan fingerprint density at radius 2 is 1.56 bits per heavy atom. The van der Waals surface area contributed by atoms with E-state index in [1.165, 1.54) is 16.7 Å². The Morgan fingerprint density at radius 1 is 0.880 bits per heavy atom. The Bertz CT molecular complexity index is 881. The molecule has 128 valence electrons. The molecule has 2 aromatic rings. The number of imide groups is 1. The minimum absolute atomic E-state index is 0.226. The molecule has 0 aromatic heterocycles. The van der Waals surface area contributed by atoms with Crippen LogP contribution in [0.15, 0.2) is 47.4 Å². The van der Waals surface area contributed by atoms with Gasteiger partial charge >= 0.3 is 0 Å². The number of anilines is 1. The van der Waals surface area contributed by atoms with Gasteiger partial charge in [0.1, 0.15) is 0 Å². The van der Waals surface area contributed by atoms with Crippen molar-refractivity contribution in [2.45, 2.75) is 27.7 Å². The Hall–Kier alpha value is -2.33. The largest absolute Gasteiger partial charge is 0.272 e. The van der Waals surface area contributed by atoms with Crippen LogP contribution in [-0.4, -0.2) is 17.6 Å². The minimum Gasteiger partial charge on any atom is -0.268 e. The second kappa shape index (κ2) is 6.89. The second-order valence-electron chi connectivity index (χ2n) is 6.22. The monoisotopic (exact) mass is 351 g/mol. The van der Waals surface area contributed by atoms with Crippen molar-refractivity contribution in [3.63, 3.8) is 0 Å². The third-order valence-corrected chi connectivity index (χ3v) is 5.38. The Labute approximate surface area is 152 Å². The number of rotatable bonds is 4. The highest BCUT2D eigenvalue weighted by Gasteiger charge is 2.39. The van der Waals surface area contributed by atoms with Gasteiger partial charge in [-0.15, -0.1) is 11.8 Å². The number of nitrogens with zero attached hydrogens (tertiary/aromatic N) is 1. The topological polar surface area (TPSA) is 37.4 Å². The lowest BCUT2D eigenvalue weighted by atomic mass is 10.0. The molecule has 3 rings (SSSR count). The first-order valence-electron chi connectivity index (χ1n) is 8.34. The van der Waals surface area contributed by atoms with Crippen LogP contribution in [0.2, 0.25) is 0 Å². The molecule has 0 N–H and O–H groups in total. The molecule has 2 aromatic carbocycles. The zero-order valence-corrected chi connectivity index (χ0v) is 15.7. The van der Waals surface area contributed by atoms with E-state index in [4.69, 9.17) is 0 Å². The molecule has 0 saturated carbocycles. The third kappa shape index (κ3) is 3.14. The van der Waals surface area contributed by atoms with E-state index < -0.39 is 0 Å².